The van der Waals surface area contributed by atoms with E-state index in [1.807, 2.05) is 43.5 Å². The maximum absolute atomic E-state index is 12.5. The van der Waals surface area contributed by atoms with Gasteiger partial charge in [-0.2, -0.15) is 0 Å². The third-order valence-corrected chi connectivity index (χ3v) is 4.60. The van der Waals surface area contributed by atoms with Crippen LogP contribution < -0.4 is 10.5 Å². The van der Waals surface area contributed by atoms with Gasteiger partial charge in [-0.15, -0.1) is 0 Å². The van der Waals surface area contributed by atoms with Gasteiger partial charge in [0.1, 0.15) is 5.82 Å². The average molecular weight is 363 g/mol. The fourth-order valence-electron chi connectivity index (χ4n) is 3.19. The molecule has 8 nitrogen and oxygen atoms in total. The lowest BCUT2D eigenvalue weighted by atomic mass is 10.1. The minimum absolute atomic E-state index is 0.0508. The van der Waals surface area contributed by atoms with E-state index in [4.69, 9.17) is 4.98 Å². The summed E-state index contributed by atoms with van der Waals surface area (Å²) >= 11 is 0. The van der Waals surface area contributed by atoms with Gasteiger partial charge in [0.2, 0.25) is 5.95 Å². The van der Waals surface area contributed by atoms with Crippen LogP contribution in [0.25, 0.3) is 11.4 Å². The zero-order chi connectivity index (χ0) is 18.8. The van der Waals surface area contributed by atoms with E-state index in [1.165, 1.54) is 0 Å². The number of fused-ring (bicyclic) bond motifs is 1. The molecule has 1 aliphatic heterocycles. The molecule has 1 N–H and O–H groups in total. The van der Waals surface area contributed by atoms with Crippen LogP contribution in [0, 0.1) is 0 Å². The van der Waals surface area contributed by atoms with Gasteiger partial charge in [-0.25, -0.2) is 15.0 Å². The maximum atomic E-state index is 12.5. The zero-order valence-electron chi connectivity index (χ0n) is 15.4. The Hall–Kier alpha value is -3.13. The average Bonchev–Trinajstić information content (AvgIpc) is 2.69. The number of H-pyrrole nitrogens is 1. The molecular formula is C19H21N7O. The van der Waals surface area contributed by atoms with Crippen LogP contribution in [-0.2, 0) is 19.5 Å². The lowest BCUT2D eigenvalue weighted by molar-refractivity contribution is 0.240. The van der Waals surface area contributed by atoms with Crippen LogP contribution >= 0.6 is 0 Å². The van der Waals surface area contributed by atoms with Crippen molar-refractivity contribution in [1.82, 2.24) is 29.8 Å². The Bertz CT molecular complexity index is 983. The molecule has 0 spiro atoms. The lowest BCUT2D eigenvalue weighted by Gasteiger charge is -2.27. The van der Waals surface area contributed by atoms with Gasteiger partial charge in [-0.05, 0) is 18.6 Å². The molecular weight excluding hydrogens is 342 g/mol. The first kappa shape index (κ1) is 17.3. The quantitative estimate of drug-likeness (QED) is 0.746. The number of rotatable bonds is 4. The molecule has 27 heavy (non-hydrogen) atoms. The van der Waals surface area contributed by atoms with Gasteiger partial charge in [0, 0.05) is 75.2 Å². The summed E-state index contributed by atoms with van der Waals surface area (Å²) in [6.45, 7) is 2.17. The van der Waals surface area contributed by atoms with Crippen molar-refractivity contribution in [2.75, 3.05) is 25.5 Å². The topological polar surface area (TPSA) is 90.9 Å². The van der Waals surface area contributed by atoms with E-state index in [9.17, 15) is 4.79 Å². The molecule has 0 amide bonds. The number of aromatic nitrogens is 5. The van der Waals surface area contributed by atoms with Crippen molar-refractivity contribution in [1.29, 1.82) is 0 Å². The number of pyridine rings is 1. The van der Waals surface area contributed by atoms with E-state index in [0.717, 1.165) is 35.5 Å². The Morgan fingerprint density at radius 1 is 1.19 bits per heavy atom. The van der Waals surface area contributed by atoms with E-state index < -0.39 is 0 Å². The smallest absolute Gasteiger partial charge is 0.254 e. The van der Waals surface area contributed by atoms with Crippen LogP contribution in [0.4, 0.5) is 5.95 Å². The predicted octanol–water partition coefficient (Wildman–Crippen LogP) is 1.25. The fraction of sp³-hybridized carbons (Fsp3) is 0.316. The first-order valence-electron chi connectivity index (χ1n) is 8.83. The fourth-order valence-corrected chi connectivity index (χ4v) is 3.19. The van der Waals surface area contributed by atoms with Crippen molar-refractivity contribution in [2.24, 2.45) is 0 Å². The third-order valence-electron chi connectivity index (χ3n) is 4.60. The molecule has 4 rings (SSSR count). The van der Waals surface area contributed by atoms with Crippen LogP contribution in [-0.4, -0.2) is 50.5 Å². The summed E-state index contributed by atoms with van der Waals surface area (Å²) in [7, 11) is 3.83. The van der Waals surface area contributed by atoms with Crippen molar-refractivity contribution >= 4 is 5.95 Å². The van der Waals surface area contributed by atoms with Crippen molar-refractivity contribution in [2.45, 2.75) is 19.5 Å². The normalized spacial score (nSPS) is 14.0. The molecule has 138 valence electrons. The number of aromatic amines is 1. The second-order valence-corrected chi connectivity index (χ2v) is 6.82. The Morgan fingerprint density at radius 2 is 1.93 bits per heavy atom. The van der Waals surface area contributed by atoms with Crippen LogP contribution in [0.2, 0.25) is 0 Å². The summed E-state index contributed by atoms with van der Waals surface area (Å²) in [4.78, 5) is 37.0. The second kappa shape index (κ2) is 7.24. The molecule has 3 aromatic rings. The maximum Gasteiger partial charge on any atom is 0.254 e. The molecule has 0 saturated heterocycles. The zero-order valence-corrected chi connectivity index (χ0v) is 15.4. The molecule has 0 aliphatic carbocycles. The summed E-state index contributed by atoms with van der Waals surface area (Å²) in [6.07, 6.45) is 7.78. The number of hydrogen-bond acceptors (Lipinski definition) is 7. The van der Waals surface area contributed by atoms with Gasteiger partial charge in [-0.3, -0.25) is 14.7 Å². The molecule has 0 fully saturated rings. The largest absolute Gasteiger partial charge is 0.347 e. The van der Waals surface area contributed by atoms with Crippen molar-refractivity contribution in [3.63, 3.8) is 0 Å². The number of anilines is 1. The standard InChI is InChI=1S/C19H21N7O/c1-25(2)19-21-9-13(10-22-19)11-26-8-5-15-16(12-26)23-17(24-18(15)27)14-3-6-20-7-4-14/h3-4,6-7,9-10H,5,8,11-12H2,1-2H3,(H,23,24,27). The van der Waals surface area contributed by atoms with Crippen molar-refractivity contribution in [3.05, 3.63) is 64.1 Å². The van der Waals surface area contributed by atoms with Crippen LogP contribution in [0.1, 0.15) is 16.8 Å². The van der Waals surface area contributed by atoms with Crippen LogP contribution in [0.5, 0.6) is 0 Å². The Labute approximate surface area is 157 Å². The van der Waals surface area contributed by atoms with E-state index in [2.05, 4.69) is 24.8 Å². The van der Waals surface area contributed by atoms with Gasteiger partial charge >= 0.3 is 0 Å². The van der Waals surface area contributed by atoms with Crippen LogP contribution in [0.3, 0.4) is 0 Å². The lowest BCUT2D eigenvalue weighted by Crippen LogP contribution is -2.35. The van der Waals surface area contributed by atoms with Gasteiger partial charge in [0.05, 0.1) is 5.69 Å². The molecule has 0 atom stereocenters. The third kappa shape index (κ3) is 3.70. The highest BCUT2D eigenvalue weighted by atomic mass is 16.1. The molecule has 8 heteroatoms. The monoisotopic (exact) mass is 363 g/mol. The summed E-state index contributed by atoms with van der Waals surface area (Å²) in [6, 6.07) is 3.68. The number of nitrogens with one attached hydrogen (secondary N) is 1. The van der Waals surface area contributed by atoms with Crippen molar-refractivity contribution < 1.29 is 0 Å². The highest BCUT2D eigenvalue weighted by Gasteiger charge is 2.21. The summed E-state index contributed by atoms with van der Waals surface area (Å²) < 4.78 is 0. The van der Waals surface area contributed by atoms with Crippen LogP contribution in [0.15, 0.2) is 41.7 Å². The van der Waals surface area contributed by atoms with Gasteiger partial charge in [-0.1, -0.05) is 0 Å². The first-order valence-corrected chi connectivity index (χ1v) is 8.83. The SMILES string of the molecule is CN(C)c1ncc(CN2CCc3c(nc(-c4ccncc4)[nH]c3=O)C2)cn1. The molecule has 0 radical (unpaired) electrons. The summed E-state index contributed by atoms with van der Waals surface area (Å²) in [5.74, 6) is 1.28. The van der Waals surface area contributed by atoms with E-state index in [0.29, 0.717) is 24.7 Å². The van der Waals surface area contributed by atoms with E-state index in [1.54, 1.807) is 12.4 Å². The summed E-state index contributed by atoms with van der Waals surface area (Å²) in [5.41, 5.74) is 3.47. The van der Waals surface area contributed by atoms with Crippen molar-refractivity contribution in [3.8, 4) is 11.4 Å². The van der Waals surface area contributed by atoms with Gasteiger partial charge in [0.15, 0.2) is 0 Å². The molecule has 0 bridgehead atoms. The minimum Gasteiger partial charge on any atom is -0.347 e. The highest BCUT2D eigenvalue weighted by molar-refractivity contribution is 5.54. The van der Waals surface area contributed by atoms with E-state index in [-0.39, 0.29) is 5.56 Å². The molecule has 0 unspecified atom stereocenters. The highest BCUT2D eigenvalue weighted by Crippen LogP contribution is 2.19. The minimum atomic E-state index is -0.0508. The molecule has 1 aliphatic rings. The molecule has 0 saturated carbocycles. The number of nitrogens with zero attached hydrogens (tertiary/aromatic N) is 6. The first-order chi connectivity index (χ1) is 13.1. The molecule has 3 aromatic heterocycles. The number of hydrogen-bond donors (Lipinski definition) is 1. The second-order valence-electron chi connectivity index (χ2n) is 6.82. The summed E-state index contributed by atoms with van der Waals surface area (Å²) in [5, 5.41) is 0. The Morgan fingerprint density at radius 3 is 2.63 bits per heavy atom. The molecule has 0 aromatic carbocycles. The predicted molar refractivity (Wildman–Crippen MR) is 102 cm³/mol. The van der Waals surface area contributed by atoms with Gasteiger partial charge in [0.25, 0.3) is 5.56 Å². The Balaban J connectivity index is 1.55. The molecule has 4 heterocycles. The van der Waals surface area contributed by atoms with Gasteiger partial charge < -0.3 is 9.88 Å². The van der Waals surface area contributed by atoms with E-state index >= 15 is 0 Å². The Kier molecular flexibility index (Phi) is 4.64.